The minimum atomic E-state index is -0.562. The van der Waals surface area contributed by atoms with Crippen LogP contribution in [0.4, 0.5) is 10.5 Å². The lowest BCUT2D eigenvalue weighted by Gasteiger charge is -2.18. The summed E-state index contributed by atoms with van der Waals surface area (Å²) in [6.45, 7) is 3.88. The second-order valence-corrected chi connectivity index (χ2v) is 8.32. The maximum absolute atomic E-state index is 12.4. The Kier molecular flexibility index (Phi) is 6.37. The SMILES string of the molecule is Cc1cc(Cl)ccc1N(C)C(=O)Oc1ccc(-c2cc(Br)c(C)c(Br)c2)nn1. The van der Waals surface area contributed by atoms with E-state index < -0.39 is 6.09 Å². The summed E-state index contributed by atoms with van der Waals surface area (Å²) in [6, 6.07) is 12.6. The van der Waals surface area contributed by atoms with Crippen molar-refractivity contribution in [3.63, 3.8) is 0 Å². The van der Waals surface area contributed by atoms with Crippen molar-refractivity contribution in [2.24, 2.45) is 0 Å². The van der Waals surface area contributed by atoms with Gasteiger partial charge in [-0.15, -0.1) is 10.2 Å². The summed E-state index contributed by atoms with van der Waals surface area (Å²) in [6.07, 6.45) is -0.562. The predicted molar refractivity (Wildman–Crippen MR) is 118 cm³/mol. The summed E-state index contributed by atoms with van der Waals surface area (Å²) in [7, 11) is 1.63. The monoisotopic (exact) mass is 523 g/mol. The van der Waals surface area contributed by atoms with Crippen LogP contribution in [0.3, 0.4) is 0 Å². The first-order chi connectivity index (χ1) is 13.3. The largest absolute Gasteiger partial charge is 0.420 e. The molecule has 2 aromatic carbocycles. The zero-order valence-corrected chi connectivity index (χ0v) is 19.3. The number of halogens is 3. The van der Waals surface area contributed by atoms with Crippen LogP contribution in [-0.4, -0.2) is 23.3 Å². The van der Waals surface area contributed by atoms with Crippen LogP contribution in [0.2, 0.25) is 5.02 Å². The first kappa shape index (κ1) is 20.8. The molecule has 144 valence electrons. The molecule has 0 saturated heterocycles. The van der Waals surface area contributed by atoms with Crippen molar-refractivity contribution in [1.29, 1.82) is 0 Å². The topological polar surface area (TPSA) is 55.3 Å². The van der Waals surface area contributed by atoms with E-state index in [1.807, 2.05) is 26.0 Å². The van der Waals surface area contributed by atoms with Crippen LogP contribution in [0, 0.1) is 13.8 Å². The molecule has 0 atom stereocenters. The first-order valence-electron chi connectivity index (χ1n) is 8.27. The summed E-state index contributed by atoms with van der Waals surface area (Å²) >= 11 is 13.0. The van der Waals surface area contributed by atoms with Crippen molar-refractivity contribution < 1.29 is 9.53 Å². The molecular formula is C20H16Br2ClN3O2. The molecule has 0 aliphatic carbocycles. The Morgan fingerprint density at radius 3 is 2.29 bits per heavy atom. The number of ether oxygens (including phenoxy) is 1. The molecule has 0 aliphatic heterocycles. The van der Waals surface area contributed by atoms with Crippen LogP contribution in [0.1, 0.15) is 11.1 Å². The van der Waals surface area contributed by atoms with Crippen LogP contribution >= 0.6 is 43.5 Å². The van der Waals surface area contributed by atoms with Gasteiger partial charge in [0.05, 0.1) is 5.69 Å². The fraction of sp³-hybridized carbons (Fsp3) is 0.150. The number of carbonyl (C=O) groups is 1. The standard InChI is InChI=1S/C20H16Br2ClN3O2/c1-11-8-14(23)4-6-18(11)26(3)20(27)28-19-7-5-17(24-25-19)13-9-15(21)12(2)16(22)10-13/h4-10H,1-3H3. The van der Waals surface area contributed by atoms with Crippen molar-refractivity contribution in [3.05, 3.63) is 67.6 Å². The summed E-state index contributed by atoms with van der Waals surface area (Å²) in [4.78, 5) is 13.8. The van der Waals surface area contributed by atoms with Crippen molar-refractivity contribution >= 4 is 55.2 Å². The lowest BCUT2D eigenvalue weighted by molar-refractivity contribution is 0.206. The molecule has 1 amide bonds. The average Bonchev–Trinajstić information content (AvgIpc) is 2.66. The Morgan fingerprint density at radius 1 is 1.04 bits per heavy atom. The molecule has 8 heteroatoms. The lowest BCUT2D eigenvalue weighted by atomic mass is 10.1. The molecule has 0 spiro atoms. The Balaban J connectivity index is 1.76. The van der Waals surface area contributed by atoms with Gasteiger partial charge < -0.3 is 4.74 Å². The maximum Gasteiger partial charge on any atom is 0.420 e. The second-order valence-electron chi connectivity index (χ2n) is 6.18. The van der Waals surface area contributed by atoms with E-state index in [0.717, 1.165) is 25.6 Å². The predicted octanol–water partition coefficient (Wildman–Crippen LogP) is 6.57. The highest BCUT2D eigenvalue weighted by Gasteiger charge is 2.16. The smallest absolute Gasteiger partial charge is 0.389 e. The van der Waals surface area contributed by atoms with Gasteiger partial charge in [0.25, 0.3) is 0 Å². The van der Waals surface area contributed by atoms with Gasteiger partial charge in [0, 0.05) is 38.3 Å². The van der Waals surface area contributed by atoms with Gasteiger partial charge in [0.1, 0.15) is 0 Å². The maximum atomic E-state index is 12.4. The molecule has 1 aromatic heterocycles. The van der Waals surface area contributed by atoms with Gasteiger partial charge in [0.15, 0.2) is 0 Å². The fourth-order valence-corrected chi connectivity index (χ4v) is 3.99. The summed E-state index contributed by atoms with van der Waals surface area (Å²) < 4.78 is 7.27. The number of nitrogens with zero attached hydrogens (tertiary/aromatic N) is 3. The molecule has 0 radical (unpaired) electrons. The molecule has 1 heterocycles. The molecule has 28 heavy (non-hydrogen) atoms. The number of aryl methyl sites for hydroxylation is 1. The van der Waals surface area contributed by atoms with E-state index in [4.69, 9.17) is 16.3 Å². The third-order valence-electron chi connectivity index (χ3n) is 4.20. The third-order valence-corrected chi connectivity index (χ3v) is 6.09. The molecule has 0 fully saturated rings. The molecule has 0 bridgehead atoms. The highest BCUT2D eigenvalue weighted by Crippen LogP contribution is 2.31. The molecule has 0 saturated carbocycles. The van der Waals surface area contributed by atoms with E-state index in [9.17, 15) is 4.79 Å². The highest BCUT2D eigenvalue weighted by molar-refractivity contribution is 9.11. The van der Waals surface area contributed by atoms with Crippen LogP contribution in [0.5, 0.6) is 5.88 Å². The number of carbonyl (C=O) groups excluding carboxylic acids is 1. The zero-order chi connectivity index (χ0) is 20.4. The van der Waals surface area contributed by atoms with Gasteiger partial charge in [-0.3, -0.25) is 4.90 Å². The Bertz CT molecular complexity index is 1020. The van der Waals surface area contributed by atoms with Crippen molar-refractivity contribution in [2.75, 3.05) is 11.9 Å². The lowest BCUT2D eigenvalue weighted by Crippen LogP contribution is -2.30. The number of rotatable bonds is 3. The number of hydrogen-bond acceptors (Lipinski definition) is 4. The van der Waals surface area contributed by atoms with Crippen molar-refractivity contribution in [1.82, 2.24) is 10.2 Å². The second kappa shape index (κ2) is 8.59. The third kappa shape index (κ3) is 4.54. The van der Waals surface area contributed by atoms with Crippen LogP contribution in [0.15, 0.2) is 51.4 Å². The number of aromatic nitrogens is 2. The number of benzene rings is 2. The van der Waals surface area contributed by atoms with E-state index in [1.54, 1.807) is 37.4 Å². The minimum Gasteiger partial charge on any atom is -0.389 e. The van der Waals surface area contributed by atoms with Gasteiger partial charge in [-0.25, -0.2) is 4.79 Å². The quantitative estimate of drug-likeness (QED) is 0.388. The summed E-state index contributed by atoms with van der Waals surface area (Å²) in [5.41, 5.74) is 4.23. The molecule has 3 rings (SSSR count). The van der Waals surface area contributed by atoms with E-state index >= 15 is 0 Å². The summed E-state index contributed by atoms with van der Waals surface area (Å²) in [5, 5.41) is 8.80. The van der Waals surface area contributed by atoms with E-state index in [-0.39, 0.29) is 5.88 Å². The van der Waals surface area contributed by atoms with Gasteiger partial charge in [-0.1, -0.05) is 43.5 Å². The molecule has 0 unspecified atom stereocenters. The van der Waals surface area contributed by atoms with E-state index in [2.05, 4.69) is 42.1 Å². The zero-order valence-electron chi connectivity index (χ0n) is 15.3. The van der Waals surface area contributed by atoms with Crippen LogP contribution in [0.25, 0.3) is 11.3 Å². The van der Waals surface area contributed by atoms with Gasteiger partial charge in [0.2, 0.25) is 5.88 Å². The van der Waals surface area contributed by atoms with Crippen LogP contribution < -0.4 is 9.64 Å². The molecule has 0 aliphatic rings. The fourth-order valence-electron chi connectivity index (χ4n) is 2.57. The van der Waals surface area contributed by atoms with E-state index in [0.29, 0.717) is 16.4 Å². The Hall–Kier alpha value is -1.96. The molecule has 3 aromatic rings. The van der Waals surface area contributed by atoms with Gasteiger partial charge >= 0.3 is 6.09 Å². The normalized spacial score (nSPS) is 10.6. The van der Waals surface area contributed by atoms with Gasteiger partial charge in [-0.2, -0.15) is 0 Å². The number of hydrogen-bond donors (Lipinski definition) is 0. The average molecular weight is 526 g/mol. The molecule has 5 nitrogen and oxygen atoms in total. The molecular weight excluding hydrogens is 510 g/mol. The minimum absolute atomic E-state index is 0.123. The summed E-state index contributed by atoms with van der Waals surface area (Å²) in [5.74, 6) is 0.123. The van der Waals surface area contributed by atoms with Gasteiger partial charge in [-0.05, 0) is 61.4 Å². The Morgan fingerprint density at radius 2 is 1.71 bits per heavy atom. The van der Waals surface area contributed by atoms with Crippen molar-refractivity contribution in [2.45, 2.75) is 13.8 Å². The first-order valence-corrected chi connectivity index (χ1v) is 10.2. The Labute approximate surface area is 184 Å². The highest BCUT2D eigenvalue weighted by atomic mass is 79.9. The van der Waals surface area contributed by atoms with Crippen LogP contribution in [-0.2, 0) is 0 Å². The van der Waals surface area contributed by atoms with Crippen molar-refractivity contribution in [3.8, 4) is 17.1 Å². The van der Waals surface area contributed by atoms with E-state index in [1.165, 1.54) is 4.90 Å². The number of anilines is 1. The number of amides is 1. The molecule has 0 N–H and O–H groups in total.